The van der Waals surface area contributed by atoms with Gasteiger partial charge in [0, 0.05) is 18.7 Å². The quantitative estimate of drug-likeness (QED) is 0.664. The molecule has 0 radical (unpaired) electrons. The molecule has 0 aliphatic rings. The Bertz CT molecular complexity index is 958. The van der Waals surface area contributed by atoms with Crippen molar-refractivity contribution in [2.75, 3.05) is 25.2 Å². The normalized spacial score (nSPS) is 11.6. The third kappa shape index (κ3) is 4.31. The molecule has 2 heterocycles. The molecule has 0 saturated carbocycles. The Hall–Kier alpha value is -2.93. The van der Waals surface area contributed by atoms with E-state index in [0.717, 1.165) is 22.2 Å². The van der Waals surface area contributed by atoms with Gasteiger partial charge in [-0.25, -0.2) is 9.48 Å². The zero-order valence-corrected chi connectivity index (χ0v) is 17.0. The Balaban J connectivity index is 2.11. The molecule has 0 N–H and O–H groups in total. The standard InChI is InChI=1S/C21H26N4O3/c1-15-6-8-16(9-7-15)25-18-14-22-11-10-17(18)19(23-25)24(12-13-27-5)20(26)28-21(2,3)4/h6-11,14H,12-13H2,1-5H3. The van der Waals surface area contributed by atoms with Crippen molar-refractivity contribution in [2.24, 2.45) is 0 Å². The lowest BCUT2D eigenvalue weighted by Gasteiger charge is -2.26. The molecular weight excluding hydrogens is 356 g/mol. The minimum atomic E-state index is -0.612. The van der Waals surface area contributed by atoms with Gasteiger partial charge < -0.3 is 9.47 Å². The van der Waals surface area contributed by atoms with Gasteiger partial charge in [0.1, 0.15) is 5.60 Å². The van der Waals surface area contributed by atoms with Crippen LogP contribution in [0, 0.1) is 6.92 Å². The molecule has 1 aromatic carbocycles. The van der Waals surface area contributed by atoms with Crippen molar-refractivity contribution in [3.8, 4) is 5.69 Å². The summed E-state index contributed by atoms with van der Waals surface area (Å²) in [5.41, 5.74) is 2.26. The maximum absolute atomic E-state index is 12.9. The fourth-order valence-electron chi connectivity index (χ4n) is 2.81. The van der Waals surface area contributed by atoms with Crippen molar-refractivity contribution in [1.29, 1.82) is 0 Å². The second-order valence-electron chi connectivity index (χ2n) is 7.59. The first kappa shape index (κ1) is 19.8. The van der Waals surface area contributed by atoms with Gasteiger partial charge in [-0.15, -0.1) is 5.10 Å². The molecule has 148 valence electrons. The first-order valence-electron chi connectivity index (χ1n) is 9.19. The second-order valence-corrected chi connectivity index (χ2v) is 7.59. The lowest BCUT2D eigenvalue weighted by Crippen LogP contribution is -2.39. The number of hydrogen-bond donors (Lipinski definition) is 0. The van der Waals surface area contributed by atoms with Crippen LogP contribution in [-0.4, -0.2) is 46.7 Å². The maximum Gasteiger partial charge on any atom is 0.416 e. The van der Waals surface area contributed by atoms with Gasteiger partial charge in [-0.3, -0.25) is 9.88 Å². The molecule has 0 atom stereocenters. The van der Waals surface area contributed by atoms with E-state index in [9.17, 15) is 4.79 Å². The number of anilines is 1. The van der Waals surface area contributed by atoms with E-state index in [0.29, 0.717) is 19.0 Å². The molecule has 2 aromatic heterocycles. The van der Waals surface area contributed by atoms with Crippen LogP contribution in [0.5, 0.6) is 0 Å². The fourth-order valence-corrected chi connectivity index (χ4v) is 2.81. The molecule has 7 nitrogen and oxygen atoms in total. The number of aryl methyl sites for hydroxylation is 1. The summed E-state index contributed by atoms with van der Waals surface area (Å²) in [7, 11) is 1.60. The van der Waals surface area contributed by atoms with Gasteiger partial charge in [0.25, 0.3) is 0 Å². The Labute approximate surface area is 164 Å². The predicted octanol–water partition coefficient (Wildman–Crippen LogP) is 4.12. The number of amides is 1. The summed E-state index contributed by atoms with van der Waals surface area (Å²) >= 11 is 0. The van der Waals surface area contributed by atoms with Gasteiger partial charge in [-0.2, -0.15) is 0 Å². The number of hydrogen-bond acceptors (Lipinski definition) is 5. The molecule has 0 fully saturated rings. The van der Waals surface area contributed by atoms with Crippen LogP contribution in [-0.2, 0) is 9.47 Å². The van der Waals surface area contributed by atoms with E-state index in [1.54, 1.807) is 24.2 Å². The van der Waals surface area contributed by atoms with Crippen LogP contribution in [0.4, 0.5) is 10.6 Å². The fraction of sp³-hybridized carbons (Fsp3) is 0.381. The number of fused-ring (bicyclic) bond motifs is 1. The molecule has 0 spiro atoms. The highest BCUT2D eigenvalue weighted by Crippen LogP contribution is 2.29. The smallest absolute Gasteiger partial charge is 0.416 e. The summed E-state index contributed by atoms with van der Waals surface area (Å²) in [6.07, 6.45) is 2.98. The van der Waals surface area contributed by atoms with E-state index in [1.807, 2.05) is 58.0 Å². The Kier molecular flexibility index (Phi) is 5.65. The molecule has 0 saturated heterocycles. The van der Waals surface area contributed by atoms with E-state index in [-0.39, 0.29) is 0 Å². The third-order valence-electron chi connectivity index (χ3n) is 4.13. The van der Waals surface area contributed by atoms with Crippen molar-refractivity contribution in [1.82, 2.24) is 14.8 Å². The third-order valence-corrected chi connectivity index (χ3v) is 4.13. The van der Waals surface area contributed by atoms with Crippen LogP contribution in [0.25, 0.3) is 16.6 Å². The number of methoxy groups -OCH3 is 1. The second kappa shape index (κ2) is 7.98. The van der Waals surface area contributed by atoms with Gasteiger partial charge >= 0.3 is 6.09 Å². The van der Waals surface area contributed by atoms with E-state index >= 15 is 0 Å². The van der Waals surface area contributed by atoms with Crippen molar-refractivity contribution >= 4 is 22.8 Å². The molecular formula is C21H26N4O3. The number of carbonyl (C=O) groups is 1. The monoisotopic (exact) mass is 382 g/mol. The van der Waals surface area contributed by atoms with Gasteiger partial charge in [-0.1, -0.05) is 17.7 Å². The first-order valence-corrected chi connectivity index (χ1v) is 9.19. The maximum atomic E-state index is 12.9. The molecule has 3 aromatic rings. The molecule has 0 bridgehead atoms. The van der Waals surface area contributed by atoms with E-state index in [2.05, 4.69) is 4.98 Å². The minimum absolute atomic E-state index is 0.327. The first-order chi connectivity index (χ1) is 13.3. The molecule has 0 aliphatic heterocycles. The molecule has 3 rings (SSSR count). The molecule has 28 heavy (non-hydrogen) atoms. The van der Waals surface area contributed by atoms with Crippen molar-refractivity contribution in [3.05, 3.63) is 48.3 Å². The summed E-state index contributed by atoms with van der Waals surface area (Å²) in [5, 5.41) is 5.56. The molecule has 0 aliphatic carbocycles. The summed E-state index contributed by atoms with van der Waals surface area (Å²) in [6, 6.07) is 9.88. The summed E-state index contributed by atoms with van der Waals surface area (Å²) in [6.45, 7) is 8.24. The van der Waals surface area contributed by atoms with Gasteiger partial charge in [0.05, 0.1) is 30.6 Å². The Morgan fingerprint density at radius 2 is 1.89 bits per heavy atom. The topological polar surface area (TPSA) is 69.5 Å². The van der Waals surface area contributed by atoms with E-state index in [1.165, 1.54) is 4.90 Å². The van der Waals surface area contributed by atoms with Gasteiger partial charge in [0.2, 0.25) is 0 Å². The van der Waals surface area contributed by atoms with Crippen LogP contribution in [0.1, 0.15) is 26.3 Å². The number of pyridine rings is 1. The lowest BCUT2D eigenvalue weighted by molar-refractivity contribution is 0.0568. The van der Waals surface area contributed by atoms with Crippen LogP contribution in [0.15, 0.2) is 42.7 Å². The number of aromatic nitrogens is 3. The zero-order valence-electron chi connectivity index (χ0n) is 17.0. The molecule has 0 unspecified atom stereocenters. The number of rotatable bonds is 5. The highest BCUT2D eigenvalue weighted by molar-refractivity contribution is 5.99. The summed E-state index contributed by atoms with van der Waals surface area (Å²) in [4.78, 5) is 18.6. The molecule has 1 amide bonds. The number of carbonyl (C=O) groups excluding carboxylic acids is 1. The van der Waals surface area contributed by atoms with Crippen LogP contribution >= 0.6 is 0 Å². The van der Waals surface area contributed by atoms with E-state index in [4.69, 9.17) is 14.6 Å². The highest BCUT2D eigenvalue weighted by atomic mass is 16.6. The van der Waals surface area contributed by atoms with Gasteiger partial charge in [-0.05, 0) is 45.9 Å². The van der Waals surface area contributed by atoms with Crippen LogP contribution < -0.4 is 4.90 Å². The van der Waals surface area contributed by atoms with Crippen LogP contribution in [0.2, 0.25) is 0 Å². The van der Waals surface area contributed by atoms with Crippen molar-refractivity contribution in [2.45, 2.75) is 33.3 Å². The Morgan fingerprint density at radius 1 is 1.18 bits per heavy atom. The number of nitrogens with zero attached hydrogens (tertiary/aromatic N) is 4. The minimum Gasteiger partial charge on any atom is -0.443 e. The average Bonchev–Trinajstić information content (AvgIpc) is 3.01. The summed E-state index contributed by atoms with van der Waals surface area (Å²) in [5.74, 6) is 0.518. The number of ether oxygens (including phenoxy) is 2. The lowest BCUT2D eigenvalue weighted by atomic mass is 10.2. The molecule has 7 heteroatoms. The largest absolute Gasteiger partial charge is 0.443 e. The Morgan fingerprint density at radius 3 is 2.54 bits per heavy atom. The zero-order chi connectivity index (χ0) is 20.3. The summed E-state index contributed by atoms with van der Waals surface area (Å²) < 4.78 is 12.6. The van der Waals surface area contributed by atoms with Crippen LogP contribution in [0.3, 0.4) is 0 Å². The average molecular weight is 382 g/mol. The van der Waals surface area contributed by atoms with E-state index < -0.39 is 11.7 Å². The van der Waals surface area contributed by atoms with Crippen molar-refractivity contribution in [3.63, 3.8) is 0 Å². The predicted molar refractivity (Wildman–Crippen MR) is 109 cm³/mol. The number of benzene rings is 1. The highest BCUT2D eigenvalue weighted by Gasteiger charge is 2.27. The van der Waals surface area contributed by atoms with Gasteiger partial charge in [0.15, 0.2) is 5.82 Å². The van der Waals surface area contributed by atoms with Crippen molar-refractivity contribution < 1.29 is 14.3 Å². The SMILES string of the molecule is COCCN(C(=O)OC(C)(C)C)c1nn(-c2ccc(C)cc2)c2cnccc12.